The first-order valence-corrected chi connectivity index (χ1v) is 8.94. The highest BCUT2D eigenvalue weighted by atomic mass is 35.5. The lowest BCUT2D eigenvalue weighted by atomic mass is 10.1. The molecule has 0 saturated carbocycles. The van der Waals surface area contributed by atoms with Crippen LogP contribution in [0.25, 0.3) is 0 Å². The van der Waals surface area contributed by atoms with Gasteiger partial charge in [0, 0.05) is 11.3 Å². The van der Waals surface area contributed by atoms with Gasteiger partial charge in [0.25, 0.3) is 0 Å². The number of rotatable bonds is 4. The van der Waals surface area contributed by atoms with Gasteiger partial charge in [-0.3, -0.25) is 4.79 Å². The molecule has 0 unspecified atom stereocenters. The summed E-state index contributed by atoms with van der Waals surface area (Å²) in [6.07, 6.45) is 1.23. The first-order chi connectivity index (χ1) is 10.3. The fourth-order valence-electron chi connectivity index (χ4n) is 1.81. The summed E-state index contributed by atoms with van der Waals surface area (Å²) in [5.41, 5.74) is 1.06. The second kappa shape index (κ2) is 6.69. The van der Waals surface area contributed by atoms with Crippen molar-refractivity contribution in [3.05, 3.63) is 58.1 Å². The monoisotopic (exact) mass is 357 g/mol. The van der Waals surface area contributed by atoms with Crippen molar-refractivity contribution in [2.75, 3.05) is 11.6 Å². The number of halogens is 2. The van der Waals surface area contributed by atoms with Crippen LogP contribution in [0.5, 0.6) is 0 Å². The molecule has 0 aliphatic heterocycles. The lowest BCUT2D eigenvalue weighted by Crippen LogP contribution is -2.15. The van der Waals surface area contributed by atoms with E-state index in [0.29, 0.717) is 5.02 Å². The fourth-order valence-corrected chi connectivity index (χ4v) is 2.75. The minimum atomic E-state index is -3.37. The molecule has 0 heterocycles. The van der Waals surface area contributed by atoms with E-state index in [-0.39, 0.29) is 27.9 Å². The molecule has 0 bridgehead atoms. The molecular formula is C15H13Cl2NO3S. The van der Waals surface area contributed by atoms with E-state index in [2.05, 4.69) is 5.32 Å². The van der Waals surface area contributed by atoms with Crippen LogP contribution in [-0.4, -0.2) is 20.6 Å². The van der Waals surface area contributed by atoms with Gasteiger partial charge in [0.05, 0.1) is 22.0 Å². The zero-order valence-electron chi connectivity index (χ0n) is 11.6. The van der Waals surface area contributed by atoms with Gasteiger partial charge in [-0.15, -0.1) is 0 Å². The van der Waals surface area contributed by atoms with Crippen LogP contribution in [0.3, 0.4) is 0 Å². The molecule has 0 saturated heterocycles. The maximum atomic E-state index is 12.0. The van der Waals surface area contributed by atoms with Crippen LogP contribution in [0, 0.1) is 0 Å². The van der Waals surface area contributed by atoms with Crippen molar-refractivity contribution in [1.82, 2.24) is 0 Å². The molecule has 0 spiro atoms. The molecule has 116 valence electrons. The van der Waals surface area contributed by atoms with Crippen molar-refractivity contribution < 1.29 is 13.2 Å². The Bertz CT molecular complexity index is 802. The van der Waals surface area contributed by atoms with Gasteiger partial charge in [0.15, 0.2) is 9.84 Å². The van der Waals surface area contributed by atoms with Crippen LogP contribution < -0.4 is 5.32 Å². The Labute approximate surface area is 139 Å². The number of anilines is 1. The van der Waals surface area contributed by atoms with E-state index in [1.54, 1.807) is 24.3 Å². The lowest BCUT2D eigenvalue weighted by molar-refractivity contribution is -0.115. The van der Waals surface area contributed by atoms with Crippen molar-refractivity contribution >= 4 is 44.6 Å². The van der Waals surface area contributed by atoms with Crippen LogP contribution in [0.15, 0.2) is 47.4 Å². The third kappa shape index (κ3) is 4.47. The number of carbonyl (C=O) groups is 1. The van der Waals surface area contributed by atoms with E-state index < -0.39 is 9.84 Å². The van der Waals surface area contributed by atoms with Gasteiger partial charge in [-0.25, -0.2) is 8.42 Å². The van der Waals surface area contributed by atoms with Crippen molar-refractivity contribution in [1.29, 1.82) is 0 Å². The Kier molecular flexibility index (Phi) is 5.11. The molecule has 4 nitrogen and oxygen atoms in total. The van der Waals surface area contributed by atoms with Gasteiger partial charge in [-0.05, 0) is 35.9 Å². The van der Waals surface area contributed by atoms with Gasteiger partial charge < -0.3 is 5.32 Å². The van der Waals surface area contributed by atoms with Crippen LogP contribution >= 0.6 is 23.2 Å². The van der Waals surface area contributed by atoms with Gasteiger partial charge in [-0.1, -0.05) is 35.3 Å². The number of sulfone groups is 1. The Morgan fingerprint density at radius 3 is 2.32 bits per heavy atom. The summed E-state index contributed by atoms with van der Waals surface area (Å²) in [5.74, 6) is -0.296. The van der Waals surface area contributed by atoms with E-state index >= 15 is 0 Å². The third-order valence-electron chi connectivity index (χ3n) is 2.92. The van der Waals surface area contributed by atoms with Crippen LogP contribution in [0.1, 0.15) is 5.56 Å². The third-order valence-corrected chi connectivity index (χ3v) is 4.61. The van der Waals surface area contributed by atoms with Gasteiger partial charge in [0.1, 0.15) is 0 Å². The molecule has 0 aliphatic rings. The largest absolute Gasteiger partial charge is 0.324 e. The minimum Gasteiger partial charge on any atom is -0.324 e. The maximum Gasteiger partial charge on any atom is 0.228 e. The van der Waals surface area contributed by atoms with Gasteiger partial charge in [0.2, 0.25) is 5.91 Å². The number of hydrogen-bond acceptors (Lipinski definition) is 3. The van der Waals surface area contributed by atoms with E-state index in [9.17, 15) is 13.2 Å². The Morgan fingerprint density at radius 2 is 1.73 bits per heavy atom. The Morgan fingerprint density at radius 1 is 1.09 bits per heavy atom. The van der Waals surface area contributed by atoms with E-state index in [4.69, 9.17) is 23.2 Å². The summed E-state index contributed by atoms with van der Waals surface area (Å²) in [6, 6.07) is 11.1. The molecule has 0 atom stereocenters. The van der Waals surface area contributed by atoms with E-state index in [1.165, 1.54) is 18.2 Å². The molecule has 0 fully saturated rings. The molecule has 2 aromatic rings. The normalized spacial score (nSPS) is 11.2. The van der Waals surface area contributed by atoms with Crippen molar-refractivity contribution in [2.45, 2.75) is 11.3 Å². The summed E-state index contributed by atoms with van der Waals surface area (Å²) in [6.45, 7) is 0. The molecule has 0 aliphatic carbocycles. The SMILES string of the molecule is CS(=O)(=O)c1ccc(Cl)c(NC(=O)Cc2ccc(Cl)cc2)c1. The topological polar surface area (TPSA) is 63.2 Å². The molecular weight excluding hydrogens is 345 g/mol. The van der Waals surface area contributed by atoms with Crippen molar-refractivity contribution in [2.24, 2.45) is 0 Å². The smallest absolute Gasteiger partial charge is 0.228 e. The van der Waals surface area contributed by atoms with E-state index in [1.807, 2.05) is 0 Å². The molecule has 0 aromatic heterocycles. The summed E-state index contributed by atoms with van der Waals surface area (Å²) in [7, 11) is -3.37. The van der Waals surface area contributed by atoms with Crippen LogP contribution in [0.4, 0.5) is 5.69 Å². The number of benzene rings is 2. The number of hydrogen-bond donors (Lipinski definition) is 1. The zero-order chi connectivity index (χ0) is 16.3. The Balaban J connectivity index is 2.16. The van der Waals surface area contributed by atoms with E-state index in [0.717, 1.165) is 11.8 Å². The lowest BCUT2D eigenvalue weighted by Gasteiger charge is -2.09. The first kappa shape index (κ1) is 16.8. The molecule has 22 heavy (non-hydrogen) atoms. The van der Waals surface area contributed by atoms with Gasteiger partial charge in [-0.2, -0.15) is 0 Å². The summed E-state index contributed by atoms with van der Waals surface area (Å²) in [5, 5.41) is 3.48. The van der Waals surface area contributed by atoms with Crippen molar-refractivity contribution in [3.8, 4) is 0 Å². The average Bonchev–Trinajstić information content (AvgIpc) is 2.42. The summed E-state index contributed by atoms with van der Waals surface area (Å²) >= 11 is 11.8. The molecule has 7 heteroatoms. The molecule has 2 rings (SSSR count). The number of carbonyl (C=O) groups excluding carboxylic acids is 1. The highest BCUT2D eigenvalue weighted by Gasteiger charge is 2.12. The van der Waals surface area contributed by atoms with Crippen LogP contribution in [-0.2, 0) is 21.1 Å². The fraction of sp³-hybridized carbons (Fsp3) is 0.133. The predicted molar refractivity (Wildman–Crippen MR) is 88.3 cm³/mol. The second-order valence-electron chi connectivity index (χ2n) is 4.77. The zero-order valence-corrected chi connectivity index (χ0v) is 14.0. The minimum absolute atomic E-state index is 0.0960. The van der Waals surface area contributed by atoms with Gasteiger partial charge >= 0.3 is 0 Å². The highest BCUT2D eigenvalue weighted by molar-refractivity contribution is 7.90. The molecule has 0 radical (unpaired) electrons. The Hall–Kier alpha value is -1.56. The number of nitrogens with one attached hydrogen (secondary N) is 1. The highest BCUT2D eigenvalue weighted by Crippen LogP contribution is 2.25. The average molecular weight is 358 g/mol. The molecule has 2 aromatic carbocycles. The first-order valence-electron chi connectivity index (χ1n) is 6.29. The molecule has 1 N–H and O–H groups in total. The number of amides is 1. The second-order valence-corrected chi connectivity index (χ2v) is 7.62. The van der Waals surface area contributed by atoms with Crippen molar-refractivity contribution in [3.63, 3.8) is 0 Å². The van der Waals surface area contributed by atoms with Crippen LogP contribution in [0.2, 0.25) is 10.0 Å². The summed E-state index contributed by atoms with van der Waals surface area (Å²) in [4.78, 5) is 12.1. The maximum absolute atomic E-state index is 12.0. The summed E-state index contributed by atoms with van der Waals surface area (Å²) < 4.78 is 23.1. The standard InChI is InChI=1S/C15H13Cl2NO3S/c1-22(20,21)12-6-7-13(17)14(9-12)18-15(19)8-10-2-4-11(16)5-3-10/h2-7,9H,8H2,1H3,(H,18,19). The quantitative estimate of drug-likeness (QED) is 0.909. The molecule has 1 amide bonds. The predicted octanol–water partition coefficient (Wildman–Crippen LogP) is 3.58.